The standard InChI is InChI=1S/C16H24ClNO2/c1-19-10-7-18-13-16(5-8-20-9-6-16)12-14-3-2-4-15(17)11-14/h2-4,11,18H,5-10,12-13H2,1H3. The largest absolute Gasteiger partial charge is 0.383 e. The van der Waals surface area contributed by atoms with Crippen molar-refractivity contribution in [3.05, 3.63) is 34.9 Å². The average Bonchev–Trinajstić information content (AvgIpc) is 2.45. The Morgan fingerprint density at radius 2 is 2.15 bits per heavy atom. The predicted molar refractivity (Wildman–Crippen MR) is 82.4 cm³/mol. The van der Waals surface area contributed by atoms with Gasteiger partial charge in [0.05, 0.1) is 6.61 Å². The van der Waals surface area contributed by atoms with Crippen molar-refractivity contribution in [1.82, 2.24) is 5.32 Å². The summed E-state index contributed by atoms with van der Waals surface area (Å²) in [5, 5.41) is 4.33. The van der Waals surface area contributed by atoms with E-state index in [4.69, 9.17) is 21.1 Å². The number of hydrogen-bond acceptors (Lipinski definition) is 3. The highest BCUT2D eigenvalue weighted by Gasteiger charge is 2.32. The highest BCUT2D eigenvalue weighted by molar-refractivity contribution is 6.30. The molecule has 1 aliphatic rings. The third-order valence-corrected chi connectivity index (χ3v) is 4.24. The lowest BCUT2D eigenvalue weighted by molar-refractivity contribution is 0.0143. The fraction of sp³-hybridized carbons (Fsp3) is 0.625. The predicted octanol–water partition coefficient (Wildman–Crippen LogP) is 2.92. The van der Waals surface area contributed by atoms with Gasteiger partial charge in [-0.25, -0.2) is 0 Å². The van der Waals surface area contributed by atoms with E-state index in [1.54, 1.807) is 7.11 Å². The van der Waals surface area contributed by atoms with Crippen molar-refractivity contribution in [2.45, 2.75) is 19.3 Å². The van der Waals surface area contributed by atoms with E-state index in [9.17, 15) is 0 Å². The highest BCUT2D eigenvalue weighted by atomic mass is 35.5. The van der Waals surface area contributed by atoms with Crippen LogP contribution >= 0.6 is 11.6 Å². The SMILES string of the molecule is COCCNCC1(Cc2cccc(Cl)c2)CCOCC1. The van der Waals surface area contributed by atoms with Crippen molar-refractivity contribution in [2.75, 3.05) is 40.0 Å². The van der Waals surface area contributed by atoms with Crippen LogP contribution in [0, 0.1) is 5.41 Å². The minimum Gasteiger partial charge on any atom is -0.383 e. The first-order chi connectivity index (χ1) is 9.74. The molecule has 4 heteroatoms. The van der Waals surface area contributed by atoms with Crippen LogP contribution in [0.25, 0.3) is 0 Å². The zero-order valence-corrected chi connectivity index (χ0v) is 12.9. The van der Waals surface area contributed by atoms with Gasteiger partial charge in [-0.15, -0.1) is 0 Å². The van der Waals surface area contributed by atoms with E-state index < -0.39 is 0 Å². The maximum atomic E-state index is 6.10. The van der Waals surface area contributed by atoms with Crippen molar-refractivity contribution in [3.63, 3.8) is 0 Å². The van der Waals surface area contributed by atoms with Crippen LogP contribution in [0.15, 0.2) is 24.3 Å². The second kappa shape index (κ2) is 7.99. The lowest BCUT2D eigenvalue weighted by Gasteiger charge is -2.37. The topological polar surface area (TPSA) is 30.5 Å². The molecule has 1 aliphatic heterocycles. The highest BCUT2D eigenvalue weighted by Crippen LogP contribution is 2.34. The third-order valence-electron chi connectivity index (χ3n) is 4.00. The van der Waals surface area contributed by atoms with Crippen LogP contribution in [0.4, 0.5) is 0 Å². The molecule has 0 bridgehead atoms. The van der Waals surface area contributed by atoms with E-state index >= 15 is 0 Å². The molecule has 1 aromatic rings. The van der Waals surface area contributed by atoms with Gasteiger partial charge >= 0.3 is 0 Å². The number of benzene rings is 1. The van der Waals surface area contributed by atoms with Gasteiger partial charge in [0.1, 0.15) is 0 Å². The van der Waals surface area contributed by atoms with Crippen molar-refractivity contribution in [3.8, 4) is 0 Å². The molecule has 1 aromatic carbocycles. The van der Waals surface area contributed by atoms with E-state index in [0.717, 1.165) is 57.2 Å². The molecule has 0 aromatic heterocycles. The minimum atomic E-state index is 0.274. The molecular weight excluding hydrogens is 274 g/mol. The molecule has 0 unspecified atom stereocenters. The fourth-order valence-corrected chi connectivity index (χ4v) is 3.04. The van der Waals surface area contributed by atoms with Gasteiger partial charge in [0.25, 0.3) is 0 Å². The first-order valence-corrected chi connectivity index (χ1v) is 7.64. The molecule has 1 heterocycles. The Bertz CT molecular complexity index is 405. The van der Waals surface area contributed by atoms with Crippen LogP contribution in [0.2, 0.25) is 5.02 Å². The van der Waals surface area contributed by atoms with E-state index in [1.165, 1.54) is 5.56 Å². The second-order valence-electron chi connectivity index (χ2n) is 5.59. The van der Waals surface area contributed by atoms with Crippen LogP contribution < -0.4 is 5.32 Å². The number of hydrogen-bond donors (Lipinski definition) is 1. The normalized spacial score (nSPS) is 18.1. The molecular formula is C16H24ClNO2. The number of nitrogens with one attached hydrogen (secondary N) is 1. The van der Waals surface area contributed by atoms with Gasteiger partial charge in [0.15, 0.2) is 0 Å². The Balaban J connectivity index is 1.98. The van der Waals surface area contributed by atoms with Crippen LogP contribution in [0.5, 0.6) is 0 Å². The van der Waals surface area contributed by atoms with Crippen LogP contribution in [0.1, 0.15) is 18.4 Å². The number of methoxy groups -OCH3 is 1. The maximum Gasteiger partial charge on any atom is 0.0587 e. The average molecular weight is 298 g/mol. The number of ether oxygens (including phenoxy) is 2. The molecule has 0 spiro atoms. The summed E-state index contributed by atoms with van der Waals surface area (Å²) in [6.07, 6.45) is 3.25. The summed E-state index contributed by atoms with van der Waals surface area (Å²) >= 11 is 6.10. The van der Waals surface area contributed by atoms with E-state index in [-0.39, 0.29) is 5.41 Å². The Morgan fingerprint density at radius 1 is 1.35 bits per heavy atom. The zero-order valence-electron chi connectivity index (χ0n) is 12.2. The van der Waals surface area contributed by atoms with Gasteiger partial charge in [0, 0.05) is 38.4 Å². The summed E-state index contributed by atoms with van der Waals surface area (Å²) in [6.45, 7) is 4.36. The van der Waals surface area contributed by atoms with Crippen molar-refractivity contribution in [1.29, 1.82) is 0 Å². The molecule has 3 nitrogen and oxygen atoms in total. The molecule has 1 saturated heterocycles. The summed E-state index contributed by atoms with van der Waals surface area (Å²) in [5.74, 6) is 0. The second-order valence-corrected chi connectivity index (χ2v) is 6.03. The fourth-order valence-electron chi connectivity index (χ4n) is 2.83. The molecule has 2 rings (SSSR count). The molecule has 0 saturated carbocycles. The summed E-state index contributed by atoms with van der Waals surface area (Å²) < 4.78 is 10.6. The van der Waals surface area contributed by atoms with Gasteiger partial charge < -0.3 is 14.8 Å². The van der Waals surface area contributed by atoms with Gasteiger partial charge in [-0.3, -0.25) is 0 Å². The molecule has 0 amide bonds. The summed E-state index contributed by atoms with van der Waals surface area (Å²) in [6, 6.07) is 8.20. The molecule has 1 fully saturated rings. The van der Waals surface area contributed by atoms with Crippen LogP contribution in [-0.2, 0) is 15.9 Å². The smallest absolute Gasteiger partial charge is 0.0587 e. The Morgan fingerprint density at radius 3 is 2.85 bits per heavy atom. The number of halogens is 1. The first kappa shape index (κ1) is 15.8. The molecule has 0 atom stereocenters. The van der Waals surface area contributed by atoms with Crippen molar-refractivity contribution >= 4 is 11.6 Å². The van der Waals surface area contributed by atoms with Crippen LogP contribution in [0.3, 0.4) is 0 Å². The van der Waals surface area contributed by atoms with Gasteiger partial charge in [0.2, 0.25) is 0 Å². The zero-order chi connectivity index (χ0) is 14.3. The summed E-state index contributed by atoms with van der Waals surface area (Å²) in [5.41, 5.74) is 1.59. The molecule has 20 heavy (non-hydrogen) atoms. The Labute approximate surface area is 126 Å². The van der Waals surface area contributed by atoms with E-state index in [1.807, 2.05) is 12.1 Å². The van der Waals surface area contributed by atoms with Crippen molar-refractivity contribution in [2.24, 2.45) is 5.41 Å². The lowest BCUT2D eigenvalue weighted by Crippen LogP contribution is -2.41. The van der Waals surface area contributed by atoms with Gasteiger partial charge in [-0.2, -0.15) is 0 Å². The Kier molecular flexibility index (Phi) is 6.30. The molecule has 0 radical (unpaired) electrons. The molecule has 0 aliphatic carbocycles. The number of rotatable bonds is 7. The summed E-state index contributed by atoms with van der Waals surface area (Å²) in [4.78, 5) is 0. The van der Waals surface area contributed by atoms with Gasteiger partial charge in [-0.1, -0.05) is 23.7 Å². The van der Waals surface area contributed by atoms with Gasteiger partial charge in [-0.05, 0) is 42.4 Å². The van der Waals surface area contributed by atoms with E-state index in [0.29, 0.717) is 0 Å². The minimum absolute atomic E-state index is 0.274. The third kappa shape index (κ3) is 4.74. The Hall–Kier alpha value is -0.610. The van der Waals surface area contributed by atoms with E-state index in [2.05, 4.69) is 17.4 Å². The molecule has 112 valence electrons. The lowest BCUT2D eigenvalue weighted by atomic mass is 9.75. The maximum absolute atomic E-state index is 6.10. The quantitative estimate of drug-likeness (QED) is 0.785. The van der Waals surface area contributed by atoms with Crippen molar-refractivity contribution < 1.29 is 9.47 Å². The summed E-state index contributed by atoms with van der Waals surface area (Å²) in [7, 11) is 1.73. The van der Waals surface area contributed by atoms with Crippen LogP contribution in [-0.4, -0.2) is 40.0 Å². The monoisotopic (exact) mass is 297 g/mol. The molecule has 1 N–H and O–H groups in total. The first-order valence-electron chi connectivity index (χ1n) is 7.26.